The number of sulfonamides is 1. The highest BCUT2D eigenvalue weighted by Crippen LogP contribution is 2.35. The van der Waals surface area contributed by atoms with Crippen molar-refractivity contribution < 1.29 is 17.5 Å². The van der Waals surface area contributed by atoms with Gasteiger partial charge in [0.15, 0.2) is 5.75 Å². The highest BCUT2D eigenvalue weighted by atomic mass is 35.5. The van der Waals surface area contributed by atoms with Crippen molar-refractivity contribution in [1.82, 2.24) is 0 Å². The van der Waals surface area contributed by atoms with Crippen LogP contribution in [0.4, 0.5) is 4.39 Å². The number of benzene rings is 1. The zero-order valence-electron chi connectivity index (χ0n) is 7.91. The lowest BCUT2D eigenvalue weighted by Gasteiger charge is -2.09. The number of nitrogens with two attached hydrogens (primary N) is 1. The fraction of sp³-hybridized carbons (Fsp3) is 0.250. The lowest BCUT2D eigenvalue weighted by atomic mass is 10.3. The molecule has 0 atom stereocenters. The smallest absolute Gasteiger partial charge is 0.238 e. The minimum atomic E-state index is -3.88. The van der Waals surface area contributed by atoms with Crippen LogP contribution in [0.2, 0.25) is 10.0 Å². The zero-order chi connectivity index (χ0) is 12.3. The second-order valence-corrected chi connectivity index (χ2v) is 5.17. The van der Waals surface area contributed by atoms with E-state index in [1.807, 2.05) is 0 Å². The Morgan fingerprint density at radius 2 is 1.81 bits per heavy atom. The first-order valence-electron chi connectivity index (χ1n) is 4.07. The molecule has 0 aromatic heterocycles. The van der Waals surface area contributed by atoms with Crippen LogP contribution in [0.15, 0.2) is 17.0 Å². The van der Waals surface area contributed by atoms with E-state index >= 15 is 0 Å². The van der Waals surface area contributed by atoms with E-state index in [9.17, 15) is 12.8 Å². The highest BCUT2D eigenvalue weighted by molar-refractivity contribution is 7.89. The molecule has 0 spiro atoms. The van der Waals surface area contributed by atoms with Crippen LogP contribution in [-0.2, 0) is 10.0 Å². The molecular formula is C8H8Cl2FNO3S. The van der Waals surface area contributed by atoms with Gasteiger partial charge in [-0.05, 0) is 12.1 Å². The standard InChI is InChI=1S/C8H8Cl2FNO3S/c9-6-3-5(16(12,13)14)4-7(10)8(6)15-2-1-11/h3-4H,1-2H2,(H2,12,13,14). The molecular weight excluding hydrogens is 280 g/mol. The lowest BCUT2D eigenvalue weighted by molar-refractivity contribution is 0.273. The van der Waals surface area contributed by atoms with E-state index in [0.717, 1.165) is 12.1 Å². The monoisotopic (exact) mass is 287 g/mol. The average Bonchev–Trinajstić information content (AvgIpc) is 2.15. The SMILES string of the molecule is NS(=O)(=O)c1cc(Cl)c(OCCF)c(Cl)c1. The summed E-state index contributed by atoms with van der Waals surface area (Å²) in [5.74, 6) is 0.0355. The number of hydrogen-bond donors (Lipinski definition) is 1. The van der Waals surface area contributed by atoms with Crippen molar-refractivity contribution in [1.29, 1.82) is 0 Å². The predicted molar refractivity (Wildman–Crippen MR) is 59.3 cm³/mol. The van der Waals surface area contributed by atoms with E-state index in [-0.39, 0.29) is 27.3 Å². The molecule has 90 valence electrons. The minimum Gasteiger partial charge on any atom is -0.488 e. The molecule has 0 heterocycles. The summed E-state index contributed by atoms with van der Waals surface area (Å²) in [5, 5.41) is 4.82. The first-order chi connectivity index (χ1) is 7.36. The Balaban J connectivity index is 3.18. The zero-order valence-corrected chi connectivity index (χ0v) is 10.2. The summed E-state index contributed by atoms with van der Waals surface area (Å²) in [5.41, 5.74) is 0. The van der Waals surface area contributed by atoms with Gasteiger partial charge in [0.2, 0.25) is 10.0 Å². The Morgan fingerprint density at radius 1 is 1.31 bits per heavy atom. The van der Waals surface area contributed by atoms with Crippen LogP contribution >= 0.6 is 23.2 Å². The average molecular weight is 288 g/mol. The Morgan fingerprint density at radius 3 is 2.19 bits per heavy atom. The van der Waals surface area contributed by atoms with Gasteiger partial charge in [0.1, 0.15) is 13.3 Å². The van der Waals surface area contributed by atoms with Gasteiger partial charge in [-0.25, -0.2) is 17.9 Å². The number of hydrogen-bond acceptors (Lipinski definition) is 3. The fourth-order valence-corrected chi connectivity index (χ4v) is 2.27. The number of rotatable bonds is 4. The summed E-state index contributed by atoms with van der Waals surface area (Å²) >= 11 is 11.4. The molecule has 0 aliphatic rings. The summed E-state index contributed by atoms with van der Waals surface area (Å²) in [6.45, 7) is -0.919. The normalized spacial score (nSPS) is 11.5. The third kappa shape index (κ3) is 3.21. The summed E-state index contributed by atoms with van der Waals surface area (Å²) in [6, 6.07) is 2.19. The number of ether oxygens (including phenoxy) is 1. The molecule has 0 saturated carbocycles. The van der Waals surface area contributed by atoms with E-state index in [1.54, 1.807) is 0 Å². The van der Waals surface area contributed by atoms with Crippen molar-refractivity contribution in [3.8, 4) is 5.75 Å². The van der Waals surface area contributed by atoms with Crippen LogP contribution in [0.1, 0.15) is 0 Å². The largest absolute Gasteiger partial charge is 0.488 e. The number of halogens is 3. The molecule has 16 heavy (non-hydrogen) atoms. The van der Waals surface area contributed by atoms with Gasteiger partial charge in [-0.15, -0.1) is 0 Å². The van der Waals surface area contributed by atoms with Crippen LogP contribution in [0, 0.1) is 0 Å². The van der Waals surface area contributed by atoms with E-state index < -0.39 is 16.7 Å². The summed E-state index contributed by atoms with van der Waals surface area (Å²) in [7, 11) is -3.88. The molecule has 1 rings (SSSR count). The fourth-order valence-electron chi connectivity index (χ4n) is 0.979. The lowest BCUT2D eigenvalue weighted by Crippen LogP contribution is -2.12. The van der Waals surface area contributed by atoms with Crippen molar-refractivity contribution in [2.45, 2.75) is 4.90 Å². The van der Waals surface area contributed by atoms with E-state index in [1.165, 1.54) is 0 Å². The van der Waals surface area contributed by atoms with Crippen molar-refractivity contribution in [2.24, 2.45) is 5.14 Å². The van der Waals surface area contributed by atoms with Crippen LogP contribution in [0.25, 0.3) is 0 Å². The van der Waals surface area contributed by atoms with Crippen molar-refractivity contribution in [2.75, 3.05) is 13.3 Å². The van der Waals surface area contributed by atoms with Crippen LogP contribution in [0.5, 0.6) is 5.75 Å². The molecule has 0 radical (unpaired) electrons. The van der Waals surface area contributed by atoms with Gasteiger partial charge in [0, 0.05) is 0 Å². The molecule has 0 bridgehead atoms. The van der Waals surface area contributed by atoms with Gasteiger partial charge in [-0.1, -0.05) is 23.2 Å². The quantitative estimate of drug-likeness (QED) is 0.921. The summed E-state index contributed by atoms with van der Waals surface area (Å²) < 4.78 is 38.8. The maximum Gasteiger partial charge on any atom is 0.238 e. The molecule has 8 heteroatoms. The molecule has 0 amide bonds. The molecule has 4 nitrogen and oxygen atoms in total. The molecule has 0 aliphatic heterocycles. The molecule has 0 fully saturated rings. The molecule has 0 saturated heterocycles. The molecule has 0 unspecified atom stereocenters. The van der Waals surface area contributed by atoms with E-state index in [0.29, 0.717) is 0 Å². The van der Waals surface area contributed by atoms with E-state index in [2.05, 4.69) is 0 Å². The number of primary sulfonamides is 1. The summed E-state index contributed by atoms with van der Waals surface area (Å²) in [4.78, 5) is -0.227. The third-order valence-electron chi connectivity index (χ3n) is 1.62. The van der Waals surface area contributed by atoms with Crippen molar-refractivity contribution >= 4 is 33.2 Å². The van der Waals surface area contributed by atoms with Crippen LogP contribution < -0.4 is 9.88 Å². The molecule has 1 aromatic rings. The Labute approximate surface area is 102 Å². The topological polar surface area (TPSA) is 69.4 Å². The Bertz CT molecular complexity index is 469. The van der Waals surface area contributed by atoms with Crippen LogP contribution in [0.3, 0.4) is 0 Å². The second-order valence-electron chi connectivity index (χ2n) is 2.80. The summed E-state index contributed by atoms with van der Waals surface area (Å²) in [6.07, 6.45) is 0. The first kappa shape index (κ1) is 13.5. The van der Waals surface area contributed by atoms with Gasteiger partial charge in [0.05, 0.1) is 14.9 Å². The van der Waals surface area contributed by atoms with Crippen molar-refractivity contribution in [3.05, 3.63) is 22.2 Å². The van der Waals surface area contributed by atoms with Gasteiger partial charge in [-0.2, -0.15) is 0 Å². The van der Waals surface area contributed by atoms with Gasteiger partial charge >= 0.3 is 0 Å². The predicted octanol–water partition coefficient (Wildman–Crippen LogP) is 1.99. The van der Waals surface area contributed by atoms with Gasteiger partial charge < -0.3 is 4.74 Å². The molecule has 2 N–H and O–H groups in total. The molecule has 0 aliphatic carbocycles. The van der Waals surface area contributed by atoms with Gasteiger partial charge in [-0.3, -0.25) is 0 Å². The van der Waals surface area contributed by atoms with Crippen LogP contribution in [-0.4, -0.2) is 21.7 Å². The minimum absolute atomic E-state index is 0.0355. The maximum absolute atomic E-state index is 11.9. The third-order valence-corrected chi connectivity index (χ3v) is 3.08. The van der Waals surface area contributed by atoms with Gasteiger partial charge in [0.25, 0.3) is 0 Å². The Kier molecular flexibility index (Phi) is 4.37. The second kappa shape index (κ2) is 5.18. The number of alkyl halides is 1. The Hall–Kier alpha value is -0.560. The first-order valence-corrected chi connectivity index (χ1v) is 6.37. The van der Waals surface area contributed by atoms with Crippen molar-refractivity contribution in [3.63, 3.8) is 0 Å². The molecule has 1 aromatic carbocycles. The maximum atomic E-state index is 11.9. The highest BCUT2D eigenvalue weighted by Gasteiger charge is 2.15. The van der Waals surface area contributed by atoms with E-state index in [4.69, 9.17) is 33.1 Å².